The zero-order valence-electron chi connectivity index (χ0n) is 10.3. The Morgan fingerprint density at radius 3 is 2.29 bits per heavy atom. The summed E-state index contributed by atoms with van der Waals surface area (Å²) in [6, 6.07) is 0. The van der Waals surface area contributed by atoms with Crippen LogP contribution in [0.3, 0.4) is 0 Å². The number of ether oxygens (including phenoxy) is 1. The molecule has 0 aromatic rings. The molecule has 2 aliphatic rings. The minimum absolute atomic E-state index is 0. The van der Waals surface area contributed by atoms with E-state index in [0.717, 1.165) is 58.5 Å². The van der Waals surface area contributed by atoms with Crippen LogP contribution in [0.15, 0.2) is 0 Å². The molecule has 17 heavy (non-hydrogen) atoms. The zero-order chi connectivity index (χ0) is 11.4. The van der Waals surface area contributed by atoms with Gasteiger partial charge in [-0.15, -0.1) is 12.4 Å². The second-order valence-corrected chi connectivity index (χ2v) is 4.89. The fourth-order valence-corrected chi connectivity index (χ4v) is 2.59. The molecule has 0 saturated carbocycles. The largest absolute Gasteiger partial charge is 0.381 e. The molecular formula is C12H23ClN2O2. The van der Waals surface area contributed by atoms with E-state index in [0.29, 0.717) is 11.8 Å². The van der Waals surface area contributed by atoms with E-state index in [2.05, 4.69) is 0 Å². The number of hydrogen-bond donors (Lipinski definition) is 1. The van der Waals surface area contributed by atoms with Gasteiger partial charge in [-0.25, -0.2) is 0 Å². The SMILES string of the molecule is Cl.NCC1CCN(C(=O)C2CCOCC2)CC1. The average Bonchev–Trinajstić information content (AvgIpc) is 2.39. The molecule has 1 amide bonds. The maximum atomic E-state index is 12.2. The van der Waals surface area contributed by atoms with Crippen molar-refractivity contribution in [3.05, 3.63) is 0 Å². The molecule has 5 heteroatoms. The summed E-state index contributed by atoms with van der Waals surface area (Å²) in [6.45, 7) is 4.06. The highest BCUT2D eigenvalue weighted by atomic mass is 35.5. The fraction of sp³-hybridized carbons (Fsp3) is 0.917. The van der Waals surface area contributed by atoms with Gasteiger partial charge in [0, 0.05) is 32.2 Å². The average molecular weight is 263 g/mol. The maximum Gasteiger partial charge on any atom is 0.225 e. The van der Waals surface area contributed by atoms with Crippen LogP contribution in [0.5, 0.6) is 0 Å². The highest BCUT2D eigenvalue weighted by Gasteiger charge is 2.28. The van der Waals surface area contributed by atoms with E-state index < -0.39 is 0 Å². The molecule has 0 bridgehead atoms. The summed E-state index contributed by atoms with van der Waals surface area (Å²) in [5.74, 6) is 1.18. The van der Waals surface area contributed by atoms with Crippen molar-refractivity contribution in [1.29, 1.82) is 0 Å². The zero-order valence-corrected chi connectivity index (χ0v) is 11.1. The molecular weight excluding hydrogens is 240 g/mol. The van der Waals surface area contributed by atoms with E-state index in [4.69, 9.17) is 10.5 Å². The molecule has 100 valence electrons. The molecule has 2 saturated heterocycles. The Morgan fingerprint density at radius 1 is 1.18 bits per heavy atom. The Hall–Kier alpha value is -0.320. The summed E-state index contributed by atoms with van der Waals surface area (Å²) in [6.07, 6.45) is 3.95. The minimum atomic E-state index is 0. The van der Waals surface area contributed by atoms with E-state index in [1.165, 1.54) is 0 Å². The van der Waals surface area contributed by atoms with Crippen LogP contribution in [0.25, 0.3) is 0 Å². The predicted octanol–water partition coefficient (Wildman–Crippen LogP) is 1.03. The lowest BCUT2D eigenvalue weighted by Crippen LogP contribution is -2.44. The van der Waals surface area contributed by atoms with Crippen LogP contribution in [-0.4, -0.2) is 43.7 Å². The van der Waals surface area contributed by atoms with Crippen LogP contribution < -0.4 is 5.73 Å². The van der Waals surface area contributed by atoms with Crippen LogP contribution in [0.2, 0.25) is 0 Å². The number of carbonyl (C=O) groups excluding carboxylic acids is 1. The fourth-order valence-electron chi connectivity index (χ4n) is 2.59. The first kappa shape index (κ1) is 14.7. The Morgan fingerprint density at radius 2 is 1.76 bits per heavy atom. The van der Waals surface area contributed by atoms with Gasteiger partial charge in [-0.3, -0.25) is 4.79 Å². The minimum Gasteiger partial charge on any atom is -0.381 e. The van der Waals surface area contributed by atoms with Crippen LogP contribution in [-0.2, 0) is 9.53 Å². The van der Waals surface area contributed by atoms with Crippen LogP contribution in [0.1, 0.15) is 25.7 Å². The number of hydrogen-bond acceptors (Lipinski definition) is 3. The number of amides is 1. The normalized spacial score (nSPS) is 23.2. The second kappa shape index (κ2) is 7.19. The lowest BCUT2D eigenvalue weighted by atomic mass is 9.93. The molecule has 2 N–H and O–H groups in total. The van der Waals surface area contributed by atoms with Crippen LogP contribution in [0.4, 0.5) is 0 Å². The maximum absolute atomic E-state index is 12.2. The summed E-state index contributed by atoms with van der Waals surface area (Å²) in [5, 5.41) is 0. The van der Waals surface area contributed by atoms with E-state index >= 15 is 0 Å². The number of nitrogens with two attached hydrogens (primary N) is 1. The Kier molecular flexibility index (Phi) is 6.23. The molecule has 0 spiro atoms. The lowest BCUT2D eigenvalue weighted by Gasteiger charge is -2.34. The number of halogens is 1. The molecule has 2 fully saturated rings. The van der Waals surface area contributed by atoms with E-state index in [-0.39, 0.29) is 18.3 Å². The monoisotopic (exact) mass is 262 g/mol. The third kappa shape index (κ3) is 3.83. The molecule has 0 atom stereocenters. The molecule has 0 aromatic heterocycles. The predicted molar refractivity (Wildman–Crippen MR) is 69.1 cm³/mol. The second-order valence-electron chi connectivity index (χ2n) is 4.89. The third-order valence-corrected chi connectivity index (χ3v) is 3.83. The summed E-state index contributed by atoms with van der Waals surface area (Å²) >= 11 is 0. The Bertz CT molecular complexity index is 237. The van der Waals surface area contributed by atoms with Gasteiger partial charge in [0.15, 0.2) is 0 Å². The standard InChI is InChI=1S/C12H22N2O2.ClH/c13-9-10-1-5-14(6-2-10)12(15)11-3-7-16-8-4-11;/h10-11H,1-9,13H2;1H. The van der Waals surface area contributed by atoms with E-state index in [9.17, 15) is 4.79 Å². The first-order valence-electron chi connectivity index (χ1n) is 6.38. The van der Waals surface area contributed by atoms with Gasteiger partial charge in [0.2, 0.25) is 5.91 Å². The quantitative estimate of drug-likeness (QED) is 0.809. The van der Waals surface area contributed by atoms with Crippen molar-refractivity contribution in [3.63, 3.8) is 0 Å². The molecule has 0 aromatic carbocycles. The lowest BCUT2D eigenvalue weighted by molar-refractivity contribution is -0.139. The van der Waals surface area contributed by atoms with Gasteiger partial charge < -0.3 is 15.4 Å². The number of piperidine rings is 1. The van der Waals surface area contributed by atoms with Crippen molar-refractivity contribution in [2.75, 3.05) is 32.8 Å². The van der Waals surface area contributed by atoms with Gasteiger partial charge in [0.25, 0.3) is 0 Å². The van der Waals surface area contributed by atoms with Gasteiger partial charge >= 0.3 is 0 Å². The number of carbonyl (C=O) groups is 1. The first-order chi connectivity index (χ1) is 7.81. The highest BCUT2D eigenvalue weighted by Crippen LogP contribution is 2.22. The molecule has 2 aliphatic heterocycles. The first-order valence-corrected chi connectivity index (χ1v) is 6.38. The van der Waals surface area contributed by atoms with E-state index in [1.54, 1.807) is 0 Å². The summed E-state index contributed by atoms with van der Waals surface area (Å²) in [5.41, 5.74) is 5.65. The number of rotatable bonds is 2. The summed E-state index contributed by atoms with van der Waals surface area (Å²) in [7, 11) is 0. The molecule has 4 nitrogen and oxygen atoms in total. The highest BCUT2D eigenvalue weighted by molar-refractivity contribution is 5.85. The molecule has 2 rings (SSSR count). The van der Waals surface area contributed by atoms with Gasteiger partial charge in [-0.2, -0.15) is 0 Å². The van der Waals surface area contributed by atoms with Crippen molar-refractivity contribution in [3.8, 4) is 0 Å². The topological polar surface area (TPSA) is 55.6 Å². The summed E-state index contributed by atoms with van der Waals surface area (Å²) < 4.78 is 5.28. The van der Waals surface area contributed by atoms with Crippen molar-refractivity contribution >= 4 is 18.3 Å². The molecule has 0 unspecified atom stereocenters. The number of likely N-dealkylation sites (tertiary alicyclic amines) is 1. The van der Waals surface area contributed by atoms with Crippen molar-refractivity contribution < 1.29 is 9.53 Å². The van der Waals surface area contributed by atoms with Gasteiger partial charge in [-0.05, 0) is 38.1 Å². The Labute approximate surface area is 109 Å². The molecule has 0 aliphatic carbocycles. The van der Waals surface area contributed by atoms with Gasteiger partial charge in [-0.1, -0.05) is 0 Å². The van der Waals surface area contributed by atoms with Crippen molar-refractivity contribution in [2.45, 2.75) is 25.7 Å². The van der Waals surface area contributed by atoms with Crippen LogP contribution >= 0.6 is 12.4 Å². The molecule has 2 heterocycles. The third-order valence-electron chi connectivity index (χ3n) is 3.83. The Balaban J connectivity index is 0.00000144. The van der Waals surface area contributed by atoms with E-state index in [1.807, 2.05) is 4.90 Å². The summed E-state index contributed by atoms with van der Waals surface area (Å²) in [4.78, 5) is 14.2. The van der Waals surface area contributed by atoms with Crippen LogP contribution in [0, 0.1) is 11.8 Å². The van der Waals surface area contributed by atoms with Gasteiger partial charge in [0.1, 0.15) is 0 Å². The van der Waals surface area contributed by atoms with Crippen molar-refractivity contribution in [1.82, 2.24) is 4.90 Å². The van der Waals surface area contributed by atoms with Crippen molar-refractivity contribution in [2.24, 2.45) is 17.6 Å². The number of nitrogens with zero attached hydrogens (tertiary/aromatic N) is 1. The molecule has 0 radical (unpaired) electrons. The smallest absolute Gasteiger partial charge is 0.225 e. The van der Waals surface area contributed by atoms with Gasteiger partial charge in [0.05, 0.1) is 0 Å².